The topological polar surface area (TPSA) is 113 Å². The van der Waals surface area contributed by atoms with Crippen LogP contribution in [0.4, 0.5) is 14.5 Å². The molecule has 0 unspecified atom stereocenters. The fourth-order valence-electron chi connectivity index (χ4n) is 6.97. The molecule has 0 saturated carbocycles. The van der Waals surface area contributed by atoms with Crippen LogP contribution >= 0.6 is 0 Å². The second-order valence-electron chi connectivity index (χ2n) is 17.8. The second kappa shape index (κ2) is 18.3. The number of imidazole rings is 1. The van der Waals surface area contributed by atoms with E-state index in [0.29, 0.717) is 34.9 Å². The van der Waals surface area contributed by atoms with Gasteiger partial charge in [0.15, 0.2) is 8.32 Å². The number of carbonyl (C=O) groups is 1. The van der Waals surface area contributed by atoms with Crippen molar-refractivity contribution in [2.45, 2.75) is 103 Å². The zero-order chi connectivity index (χ0) is 43.3. The summed E-state index contributed by atoms with van der Waals surface area (Å²) in [6.45, 7) is 20.5. The summed E-state index contributed by atoms with van der Waals surface area (Å²) >= 11 is 0. The third kappa shape index (κ3) is 9.94. The number of amides is 1. The average Bonchev–Trinajstić information content (AvgIpc) is 3.85. The zero-order valence-corrected chi connectivity index (χ0v) is 38.1. The number of fused-ring (bicyclic) bond motifs is 1. The molecule has 0 fully saturated rings. The molecule has 0 saturated heterocycles. The highest BCUT2D eigenvalue weighted by atomic mass is 28.4. The summed E-state index contributed by atoms with van der Waals surface area (Å²) in [5.41, 5.74) is 2.77. The molecule has 6 aromatic rings. The van der Waals surface area contributed by atoms with Gasteiger partial charge in [0.05, 0.1) is 19.2 Å². The highest BCUT2D eigenvalue weighted by Crippen LogP contribution is 2.39. The number of nitrogens with zero attached hydrogens (tertiary/aromatic N) is 4. The Kier molecular flexibility index (Phi) is 13.6. The Labute approximate surface area is 354 Å². The van der Waals surface area contributed by atoms with Gasteiger partial charge < -0.3 is 23.4 Å². The lowest BCUT2D eigenvalue weighted by Gasteiger charge is -2.44. The molecular weight excluding hydrogens is 797 g/mol. The van der Waals surface area contributed by atoms with Gasteiger partial charge in [-0.1, -0.05) is 119 Å². The summed E-state index contributed by atoms with van der Waals surface area (Å²) in [5.74, 6) is 0.517. The molecule has 10 nitrogen and oxygen atoms in total. The molecule has 3 heterocycles. The van der Waals surface area contributed by atoms with E-state index in [9.17, 15) is 4.79 Å². The van der Waals surface area contributed by atoms with Gasteiger partial charge in [-0.3, -0.25) is 9.20 Å². The first-order valence-corrected chi connectivity index (χ1v) is 25.3. The lowest BCUT2D eigenvalue weighted by molar-refractivity contribution is 0.00243. The number of unbranched alkanes of at least 4 members (excludes halogenated alkanes) is 1. The number of carbonyl (C=O) groups excluding carboxylic acids is 1. The molecular formula is C46H57F2N5O5Si2. The van der Waals surface area contributed by atoms with Gasteiger partial charge in [-0.25, -0.2) is 13.8 Å². The zero-order valence-electron chi connectivity index (χ0n) is 36.1. The van der Waals surface area contributed by atoms with Crippen LogP contribution in [0.15, 0.2) is 108 Å². The second-order valence-corrected chi connectivity index (χ2v) is 26.8. The Bertz CT molecular complexity index is 2320. The summed E-state index contributed by atoms with van der Waals surface area (Å²) in [7, 11) is -5.07. The van der Waals surface area contributed by atoms with E-state index in [4.69, 9.17) is 18.1 Å². The van der Waals surface area contributed by atoms with Crippen LogP contribution in [0.2, 0.25) is 23.2 Å². The fraction of sp³-hybridized carbons (Fsp3) is 0.391. The van der Waals surface area contributed by atoms with Crippen LogP contribution in [0.5, 0.6) is 5.75 Å². The van der Waals surface area contributed by atoms with E-state index in [0.717, 1.165) is 35.4 Å². The number of benzene rings is 3. The summed E-state index contributed by atoms with van der Waals surface area (Å²) in [4.78, 5) is 22.6. The van der Waals surface area contributed by atoms with E-state index in [-0.39, 0.29) is 29.1 Å². The molecule has 0 aliphatic rings. The lowest BCUT2D eigenvalue weighted by Crippen LogP contribution is -2.68. The quantitative estimate of drug-likeness (QED) is 0.0713. The van der Waals surface area contributed by atoms with Gasteiger partial charge in [0.2, 0.25) is 11.7 Å². The number of ether oxygens (including phenoxy) is 1. The molecule has 0 radical (unpaired) electrons. The van der Waals surface area contributed by atoms with Crippen molar-refractivity contribution < 1.29 is 31.7 Å². The first-order chi connectivity index (χ1) is 28.4. The van der Waals surface area contributed by atoms with Crippen molar-refractivity contribution in [2.24, 2.45) is 0 Å². The summed E-state index contributed by atoms with van der Waals surface area (Å²) < 4.78 is 56.3. The fourth-order valence-corrected chi connectivity index (χ4v) is 12.7. The van der Waals surface area contributed by atoms with Gasteiger partial charge in [0.25, 0.3) is 20.7 Å². The van der Waals surface area contributed by atoms with Crippen molar-refractivity contribution in [3.8, 4) is 17.1 Å². The molecule has 14 heteroatoms. The number of hydrogen-bond donors (Lipinski definition) is 1. The van der Waals surface area contributed by atoms with E-state index in [1.54, 1.807) is 28.8 Å². The largest absolute Gasteiger partial charge is 0.493 e. The highest BCUT2D eigenvalue weighted by Gasteiger charge is 2.52. The molecule has 6 rings (SSSR count). The maximum Gasteiger partial charge on any atom is 0.274 e. The molecule has 3 aromatic carbocycles. The minimum Gasteiger partial charge on any atom is -0.493 e. The van der Waals surface area contributed by atoms with Crippen molar-refractivity contribution in [1.82, 2.24) is 19.5 Å². The molecule has 318 valence electrons. The predicted octanol–water partition coefficient (Wildman–Crippen LogP) is 9.88. The Hall–Kier alpha value is -5.03. The monoisotopic (exact) mass is 853 g/mol. The first kappa shape index (κ1) is 44.5. The number of halogens is 2. The number of alkyl halides is 2. The Morgan fingerprint density at radius 1 is 0.867 bits per heavy atom. The first-order valence-electron chi connectivity index (χ1n) is 20.5. The van der Waals surface area contributed by atoms with Crippen LogP contribution in [-0.4, -0.2) is 67.8 Å². The van der Waals surface area contributed by atoms with Gasteiger partial charge in [0, 0.05) is 30.1 Å². The minimum atomic E-state index is -3.30. The Morgan fingerprint density at radius 3 is 2.13 bits per heavy atom. The van der Waals surface area contributed by atoms with E-state index < -0.39 is 34.2 Å². The van der Waals surface area contributed by atoms with E-state index in [1.807, 2.05) is 100 Å². The standard InChI is InChI=1S/C46H57F2N5O5Si2/c1-32-22-23-33(28-37(32)50-44(54)38-31-49-40-29-34(24-25-53(38)40)55-26-16-17-27-56-59(8,9)45(2,3)4)43-51-41(57-52-43)30-39(42(47)48)58-60(46(5,6)7,35-18-12-10-13-19-35)36-20-14-11-15-21-36/h10-15,18-25,28-29,31,39,42H,16-17,26-27,30H2,1-9H3,(H,50,54)/t39-/m0/s1. The SMILES string of the molecule is Cc1ccc(-c2noc(C[C@H](O[Si](c3ccccc3)(c3ccccc3)C(C)(C)C)C(F)F)n2)cc1NC(=O)c1cnc2cc(OCCCCO[Si](C)(C)C(C)(C)C)ccn12. The molecule has 1 amide bonds. The third-order valence-electron chi connectivity index (χ3n) is 11.4. The van der Waals surface area contributed by atoms with Crippen LogP contribution in [0.3, 0.4) is 0 Å². The van der Waals surface area contributed by atoms with Crippen molar-refractivity contribution in [3.63, 3.8) is 0 Å². The van der Waals surface area contributed by atoms with Crippen molar-refractivity contribution in [2.75, 3.05) is 18.5 Å². The van der Waals surface area contributed by atoms with E-state index in [2.05, 4.69) is 54.3 Å². The van der Waals surface area contributed by atoms with Crippen molar-refractivity contribution in [1.29, 1.82) is 0 Å². The molecule has 0 aliphatic heterocycles. The predicted molar refractivity (Wildman–Crippen MR) is 238 cm³/mol. The van der Waals surface area contributed by atoms with Gasteiger partial charge in [0.1, 0.15) is 23.2 Å². The minimum absolute atomic E-state index is 0.0177. The molecule has 1 atom stereocenters. The number of rotatable bonds is 17. The van der Waals surface area contributed by atoms with Crippen molar-refractivity contribution >= 4 is 44.2 Å². The molecule has 0 spiro atoms. The Balaban J connectivity index is 1.13. The smallest absolute Gasteiger partial charge is 0.274 e. The lowest BCUT2D eigenvalue weighted by atomic mass is 10.1. The van der Waals surface area contributed by atoms with Crippen molar-refractivity contribution in [3.05, 3.63) is 121 Å². The van der Waals surface area contributed by atoms with Gasteiger partial charge in [-0.15, -0.1) is 0 Å². The van der Waals surface area contributed by atoms with Crippen LogP contribution in [-0.2, 0) is 15.3 Å². The number of nitrogens with one attached hydrogen (secondary N) is 1. The number of anilines is 1. The molecule has 3 aromatic heterocycles. The highest BCUT2D eigenvalue weighted by molar-refractivity contribution is 6.99. The van der Waals surface area contributed by atoms with Gasteiger partial charge in [-0.2, -0.15) is 4.98 Å². The van der Waals surface area contributed by atoms with Crippen LogP contribution in [0.25, 0.3) is 17.0 Å². The number of aromatic nitrogens is 4. The molecule has 0 bridgehead atoms. The maximum absolute atomic E-state index is 15.0. The number of pyridine rings is 1. The Morgan fingerprint density at radius 2 is 1.52 bits per heavy atom. The molecule has 1 N–H and O–H groups in total. The average molecular weight is 854 g/mol. The summed E-state index contributed by atoms with van der Waals surface area (Å²) in [5, 5.41) is 8.59. The van der Waals surface area contributed by atoms with E-state index >= 15 is 8.78 Å². The molecule has 0 aliphatic carbocycles. The summed E-state index contributed by atoms with van der Waals surface area (Å²) in [6.07, 6.45) is 0.409. The normalized spacial score (nSPS) is 13.2. The number of hydrogen-bond acceptors (Lipinski definition) is 8. The molecule has 60 heavy (non-hydrogen) atoms. The van der Waals surface area contributed by atoms with E-state index in [1.165, 1.54) is 6.20 Å². The van der Waals surface area contributed by atoms with Gasteiger partial charge in [-0.05, 0) is 71.0 Å². The maximum atomic E-state index is 15.0. The van der Waals surface area contributed by atoms with Crippen LogP contribution in [0.1, 0.15) is 76.3 Å². The number of aryl methyl sites for hydroxylation is 1. The summed E-state index contributed by atoms with van der Waals surface area (Å²) in [6, 6.07) is 28.3. The third-order valence-corrected chi connectivity index (χ3v) is 21.0. The van der Waals surface area contributed by atoms with Gasteiger partial charge >= 0.3 is 0 Å². The van der Waals surface area contributed by atoms with Crippen LogP contribution in [0, 0.1) is 6.92 Å². The van der Waals surface area contributed by atoms with Crippen LogP contribution < -0.4 is 20.4 Å².